The lowest BCUT2D eigenvalue weighted by Gasteiger charge is -2.25. The zero-order chi connectivity index (χ0) is 12.5. The van der Waals surface area contributed by atoms with Crippen LogP contribution in [-0.2, 0) is 10.2 Å². The lowest BCUT2D eigenvalue weighted by molar-refractivity contribution is 0.0740. The maximum Gasteiger partial charge on any atom is 0.148 e. The van der Waals surface area contributed by atoms with E-state index in [4.69, 9.17) is 4.74 Å². The fourth-order valence-corrected chi connectivity index (χ4v) is 1.86. The number of morpholine rings is 1. The smallest absolute Gasteiger partial charge is 0.148 e. The summed E-state index contributed by atoms with van der Waals surface area (Å²) in [6.45, 7) is 10.8. The van der Waals surface area contributed by atoms with Crippen molar-refractivity contribution in [3.8, 4) is 0 Å². The van der Waals surface area contributed by atoms with Gasteiger partial charge >= 0.3 is 0 Å². The predicted molar refractivity (Wildman–Crippen MR) is 67.0 cm³/mol. The van der Waals surface area contributed by atoms with Gasteiger partial charge in [0.25, 0.3) is 0 Å². The van der Waals surface area contributed by atoms with Gasteiger partial charge in [-0.1, -0.05) is 20.8 Å². The summed E-state index contributed by atoms with van der Waals surface area (Å²) in [7, 11) is 0. The Hall–Kier alpha value is -1.00. The van der Waals surface area contributed by atoms with Gasteiger partial charge in [-0.15, -0.1) is 0 Å². The number of aryl methyl sites for hydroxylation is 1. The summed E-state index contributed by atoms with van der Waals surface area (Å²) in [5.41, 5.74) is 2.16. The van der Waals surface area contributed by atoms with Crippen molar-refractivity contribution < 1.29 is 4.74 Å². The molecule has 4 nitrogen and oxygen atoms in total. The van der Waals surface area contributed by atoms with E-state index in [0.717, 1.165) is 30.4 Å². The fourth-order valence-electron chi connectivity index (χ4n) is 1.86. The Kier molecular flexibility index (Phi) is 3.45. The van der Waals surface area contributed by atoms with Crippen molar-refractivity contribution in [3.63, 3.8) is 0 Å². The van der Waals surface area contributed by atoms with Crippen LogP contribution in [0.15, 0.2) is 6.07 Å². The molecule has 1 saturated heterocycles. The van der Waals surface area contributed by atoms with Crippen LogP contribution in [0.25, 0.3) is 0 Å². The first kappa shape index (κ1) is 12.5. The Bertz CT molecular complexity index is 392. The first-order valence-electron chi connectivity index (χ1n) is 6.14. The molecule has 1 atom stereocenters. The second-order valence-electron chi connectivity index (χ2n) is 5.58. The highest BCUT2D eigenvalue weighted by atomic mass is 16.5. The van der Waals surface area contributed by atoms with Crippen LogP contribution >= 0.6 is 0 Å². The van der Waals surface area contributed by atoms with Crippen LogP contribution in [-0.4, -0.2) is 29.7 Å². The minimum Gasteiger partial charge on any atom is -0.378 e. The van der Waals surface area contributed by atoms with E-state index in [2.05, 4.69) is 42.1 Å². The van der Waals surface area contributed by atoms with E-state index in [1.54, 1.807) is 0 Å². The van der Waals surface area contributed by atoms with Crippen molar-refractivity contribution in [1.82, 2.24) is 15.3 Å². The molecule has 94 valence electrons. The second kappa shape index (κ2) is 4.70. The lowest BCUT2D eigenvalue weighted by atomic mass is 9.91. The van der Waals surface area contributed by atoms with Gasteiger partial charge in [0.15, 0.2) is 0 Å². The SMILES string of the molecule is Cc1cc(C(C)(C)C)nc(C2COCCN2)n1. The number of nitrogens with one attached hydrogen (secondary N) is 1. The zero-order valence-corrected chi connectivity index (χ0v) is 11.1. The minimum absolute atomic E-state index is 0.0535. The van der Waals surface area contributed by atoms with E-state index >= 15 is 0 Å². The third-order valence-corrected chi connectivity index (χ3v) is 2.87. The minimum atomic E-state index is 0.0535. The maximum atomic E-state index is 5.46. The third kappa shape index (κ3) is 3.01. The lowest BCUT2D eigenvalue weighted by Crippen LogP contribution is -2.36. The van der Waals surface area contributed by atoms with E-state index in [9.17, 15) is 0 Å². The molecule has 0 aliphatic carbocycles. The molecule has 0 spiro atoms. The molecule has 1 unspecified atom stereocenters. The Morgan fingerprint density at radius 1 is 1.35 bits per heavy atom. The van der Waals surface area contributed by atoms with E-state index in [0.29, 0.717) is 6.61 Å². The van der Waals surface area contributed by atoms with Gasteiger partial charge in [0.2, 0.25) is 0 Å². The fraction of sp³-hybridized carbons (Fsp3) is 0.692. The highest BCUT2D eigenvalue weighted by Crippen LogP contribution is 2.22. The summed E-state index contributed by atoms with van der Waals surface area (Å²) in [5.74, 6) is 0.856. The molecule has 1 aromatic heterocycles. The van der Waals surface area contributed by atoms with Crippen LogP contribution in [0.4, 0.5) is 0 Å². The van der Waals surface area contributed by atoms with Crippen molar-refractivity contribution in [3.05, 3.63) is 23.3 Å². The quantitative estimate of drug-likeness (QED) is 0.805. The van der Waals surface area contributed by atoms with Crippen LogP contribution in [0, 0.1) is 6.92 Å². The second-order valence-corrected chi connectivity index (χ2v) is 5.58. The molecular formula is C13H21N3O. The monoisotopic (exact) mass is 235 g/mol. The zero-order valence-electron chi connectivity index (χ0n) is 11.1. The molecule has 17 heavy (non-hydrogen) atoms. The van der Waals surface area contributed by atoms with E-state index in [1.165, 1.54) is 0 Å². The molecule has 0 bridgehead atoms. The van der Waals surface area contributed by atoms with Gasteiger partial charge in [0.1, 0.15) is 5.82 Å². The van der Waals surface area contributed by atoms with Crippen LogP contribution in [0.3, 0.4) is 0 Å². The molecule has 2 heterocycles. The van der Waals surface area contributed by atoms with Gasteiger partial charge in [-0.05, 0) is 13.0 Å². The Morgan fingerprint density at radius 3 is 2.71 bits per heavy atom. The normalized spacial score (nSPS) is 21.5. The molecule has 0 saturated carbocycles. The van der Waals surface area contributed by atoms with Gasteiger partial charge in [0.05, 0.1) is 19.3 Å². The molecule has 1 N–H and O–H groups in total. The number of hydrogen-bond donors (Lipinski definition) is 1. The average Bonchev–Trinajstić information content (AvgIpc) is 2.28. The topological polar surface area (TPSA) is 47.0 Å². The number of ether oxygens (including phenoxy) is 1. The summed E-state index contributed by atoms with van der Waals surface area (Å²) in [4.78, 5) is 9.19. The van der Waals surface area contributed by atoms with Gasteiger partial charge in [-0.25, -0.2) is 9.97 Å². The third-order valence-electron chi connectivity index (χ3n) is 2.87. The van der Waals surface area contributed by atoms with Crippen molar-refractivity contribution >= 4 is 0 Å². The number of aromatic nitrogens is 2. The van der Waals surface area contributed by atoms with E-state index in [1.807, 2.05) is 6.92 Å². The number of rotatable bonds is 1. The summed E-state index contributed by atoms with van der Waals surface area (Å²) >= 11 is 0. The van der Waals surface area contributed by atoms with Gasteiger partial charge < -0.3 is 10.1 Å². The van der Waals surface area contributed by atoms with Crippen molar-refractivity contribution in [2.75, 3.05) is 19.8 Å². The van der Waals surface area contributed by atoms with Gasteiger partial charge in [-0.2, -0.15) is 0 Å². The van der Waals surface area contributed by atoms with Gasteiger partial charge in [-0.3, -0.25) is 0 Å². The molecule has 1 aliphatic heterocycles. The van der Waals surface area contributed by atoms with E-state index in [-0.39, 0.29) is 11.5 Å². The summed E-state index contributed by atoms with van der Waals surface area (Å²) in [6.07, 6.45) is 0. The molecule has 0 amide bonds. The Balaban J connectivity index is 2.31. The highest BCUT2D eigenvalue weighted by molar-refractivity contribution is 5.18. The standard InChI is InChI=1S/C13H21N3O/c1-9-7-11(13(2,3)4)16-12(15-9)10-8-17-6-5-14-10/h7,10,14H,5-6,8H2,1-4H3. The maximum absolute atomic E-state index is 5.46. The molecule has 1 aliphatic rings. The number of nitrogens with zero attached hydrogens (tertiary/aromatic N) is 2. The van der Waals surface area contributed by atoms with Crippen LogP contribution < -0.4 is 5.32 Å². The molecule has 2 rings (SSSR count). The van der Waals surface area contributed by atoms with Crippen molar-refractivity contribution in [1.29, 1.82) is 0 Å². The predicted octanol–water partition coefficient (Wildman–Crippen LogP) is 1.74. The molecule has 0 aromatic carbocycles. The highest BCUT2D eigenvalue weighted by Gasteiger charge is 2.22. The largest absolute Gasteiger partial charge is 0.378 e. The Labute approximate surface area is 103 Å². The first-order chi connectivity index (χ1) is 7.97. The van der Waals surface area contributed by atoms with Crippen LogP contribution in [0.2, 0.25) is 0 Å². The summed E-state index contributed by atoms with van der Waals surface area (Å²) in [6, 6.07) is 2.19. The number of hydrogen-bond acceptors (Lipinski definition) is 4. The Morgan fingerprint density at radius 2 is 2.12 bits per heavy atom. The van der Waals surface area contributed by atoms with Crippen molar-refractivity contribution in [2.24, 2.45) is 0 Å². The van der Waals surface area contributed by atoms with E-state index < -0.39 is 0 Å². The molecule has 4 heteroatoms. The molecular weight excluding hydrogens is 214 g/mol. The van der Waals surface area contributed by atoms with Gasteiger partial charge in [0, 0.05) is 23.3 Å². The average molecular weight is 235 g/mol. The first-order valence-corrected chi connectivity index (χ1v) is 6.14. The summed E-state index contributed by atoms with van der Waals surface area (Å²) < 4.78 is 5.46. The molecule has 1 fully saturated rings. The molecule has 0 radical (unpaired) electrons. The van der Waals surface area contributed by atoms with Crippen LogP contribution in [0.1, 0.15) is 44.0 Å². The van der Waals surface area contributed by atoms with Crippen molar-refractivity contribution in [2.45, 2.75) is 39.2 Å². The summed E-state index contributed by atoms with van der Waals surface area (Å²) in [5, 5.41) is 3.39. The molecule has 1 aromatic rings. The van der Waals surface area contributed by atoms with Crippen LogP contribution in [0.5, 0.6) is 0 Å².